The average molecular weight is 341 g/mol. The van der Waals surface area contributed by atoms with Gasteiger partial charge in [-0.3, -0.25) is 0 Å². The molecule has 0 spiro atoms. The monoisotopic (exact) mass is 340 g/mol. The minimum absolute atomic E-state index is 0.216. The fraction of sp³-hybridized carbons (Fsp3) is 0.357. The predicted molar refractivity (Wildman–Crippen MR) is 79.2 cm³/mol. The summed E-state index contributed by atoms with van der Waals surface area (Å²) in [5.74, 6) is 0.636. The number of hydrogen-bond acceptors (Lipinski definition) is 3. The van der Waals surface area contributed by atoms with E-state index >= 15 is 0 Å². The van der Waals surface area contributed by atoms with Crippen LogP contribution in [0.2, 0.25) is 0 Å². The van der Waals surface area contributed by atoms with E-state index in [9.17, 15) is 4.79 Å². The summed E-state index contributed by atoms with van der Waals surface area (Å²) in [6.45, 7) is 1.99. The molecule has 0 unspecified atom stereocenters. The molecule has 108 valence electrons. The molecule has 5 nitrogen and oxygen atoms in total. The fourth-order valence-corrected chi connectivity index (χ4v) is 2.22. The van der Waals surface area contributed by atoms with Crippen LogP contribution >= 0.6 is 15.9 Å². The Morgan fingerprint density at radius 3 is 2.85 bits per heavy atom. The van der Waals surface area contributed by atoms with Crippen molar-refractivity contribution in [3.05, 3.63) is 46.3 Å². The van der Waals surface area contributed by atoms with Gasteiger partial charge in [-0.15, -0.1) is 0 Å². The SMILES string of the molecule is O=C(NCCc1ccccc1Br)NCC1=COCCO1. The Morgan fingerprint density at radius 1 is 1.25 bits per heavy atom. The highest BCUT2D eigenvalue weighted by Gasteiger charge is 2.07. The predicted octanol–water partition coefficient (Wildman–Crippen LogP) is 2.18. The van der Waals surface area contributed by atoms with Crippen molar-refractivity contribution in [3.8, 4) is 0 Å². The summed E-state index contributed by atoms with van der Waals surface area (Å²) < 4.78 is 11.5. The van der Waals surface area contributed by atoms with Crippen LogP contribution in [0, 0.1) is 0 Å². The van der Waals surface area contributed by atoms with E-state index in [0.29, 0.717) is 32.1 Å². The van der Waals surface area contributed by atoms with Gasteiger partial charge in [-0.1, -0.05) is 34.1 Å². The molecule has 20 heavy (non-hydrogen) atoms. The number of amides is 2. The molecule has 1 heterocycles. The van der Waals surface area contributed by atoms with E-state index in [1.54, 1.807) is 0 Å². The van der Waals surface area contributed by atoms with Crippen molar-refractivity contribution < 1.29 is 14.3 Å². The van der Waals surface area contributed by atoms with E-state index in [-0.39, 0.29) is 6.03 Å². The molecule has 1 aromatic carbocycles. The molecule has 0 atom stereocenters. The highest BCUT2D eigenvalue weighted by Crippen LogP contribution is 2.15. The topological polar surface area (TPSA) is 59.6 Å². The first-order valence-electron chi connectivity index (χ1n) is 6.44. The molecule has 0 bridgehead atoms. The summed E-state index contributed by atoms with van der Waals surface area (Å²) >= 11 is 3.48. The third-order valence-corrected chi connectivity index (χ3v) is 3.54. The number of hydrogen-bond donors (Lipinski definition) is 2. The minimum atomic E-state index is -0.216. The molecule has 2 N–H and O–H groups in total. The highest BCUT2D eigenvalue weighted by atomic mass is 79.9. The first-order valence-corrected chi connectivity index (χ1v) is 7.23. The molecular weight excluding hydrogens is 324 g/mol. The third kappa shape index (κ3) is 4.77. The molecule has 0 aliphatic carbocycles. The van der Waals surface area contributed by atoms with Crippen molar-refractivity contribution >= 4 is 22.0 Å². The maximum Gasteiger partial charge on any atom is 0.315 e. The van der Waals surface area contributed by atoms with Crippen molar-refractivity contribution in [2.24, 2.45) is 0 Å². The standard InChI is InChI=1S/C14H17BrN2O3/c15-13-4-2-1-3-11(13)5-6-16-14(18)17-9-12-10-19-7-8-20-12/h1-4,10H,5-9H2,(H2,16,17,18). The number of carbonyl (C=O) groups is 1. The van der Waals surface area contributed by atoms with E-state index in [1.807, 2.05) is 24.3 Å². The molecule has 1 aromatic rings. The fourth-order valence-electron chi connectivity index (χ4n) is 1.74. The highest BCUT2D eigenvalue weighted by molar-refractivity contribution is 9.10. The molecule has 2 amide bonds. The normalized spacial score (nSPS) is 13.8. The van der Waals surface area contributed by atoms with Crippen LogP contribution in [0.4, 0.5) is 4.79 Å². The lowest BCUT2D eigenvalue weighted by molar-refractivity contribution is 0.0817. The van der Waals surface area contributed by atoms with Gasteiger partial charge in [-0.2, -0.15) is 0 Å². The van der Waals surface area contributed by atoms with Crippen LogP contribution in [0.15, 0.2) is 40.8 Å². The van der Waals surface area contributed by atoms with Crippen molar-refractivity contribution in [3.63, 3.8) is 0 Å². The number of urea groups is 1. The second-order valence-electron chi connectivity index (χ2n) is 4.25. The maximum absolute atomic E-state index is 11.6. The second-order valence-corrected chi connectivity index (χ2v) is 5.11. The smallest absolute Gasteiger partial charge is 0.315 e. The Morgan fingerprint density at radius 2 is 2.10 bits per heavy atom. The van der Waals surface area contributed by atoms with E-state index in [1.165, 1.54) is 11.8 Å². The summed E-state index contributed by atoms with van der Waals surface area (Å²) in [5, 5.41) is 5.52. The first kappa shape index (κ1) is 14.7. The zero-order valence-electron chi connectivity index (χ0n) is 11.0. The molecule has 0 aromatic heterocycles. The Labute approximate surface area is 126 Å². The van der Waals surface area contributed by atoms with Gasteiger partial charge >= 0.3 is 6.03 Å². The summed E-state index contributed by atoms with van der Waals surface area (Å²) in [5.41, 5.74) is 1.17. The van der Waals surface area contributed by atoms with Gasteiger partial charge in [0, 0.05) is 11.0 Å². The van der Waals surface area contributed by atoms with E-state index in [2.05, 4.69) is 26.6 Å². The lowest BCUT2D eigenvalue weighted by atomic mass is 10.1. The summed E-state index contributed by atoms with van der Waals surface area (Å²) in [4.78, 5) is 11.6. The number of carbonyl (C=O) groups excluding carboxylic acids is 1. The molecule has 0 fully saturated rings. The van der Waals surface area contributed by atoms with Crippen molar-refractivity contribution in [1.82, 2.24) is 10.6 Å². The maximum atomic E-state index is 11.6. The number of ether oxygens (including phenoxy) is 2. The minimum Gasteiger partial charge on any atom is -0.494 e. The van der Waals surface area contributed by atoms with Crippen LogP contribution in [-0.2, 0) is 15.9 Å². The van der Waals surface area contributed by atoms with Crippen LogP contribution in [-0.4, -0.2) is 32.3 Å². The average Bonchev–Trinajstić information content (AvgIpc) is 2.48. The van der Waals surface area contributed by atoms with Crippen molar-refractivity contribution in [2.75, 3.05) is 26.3 Å². The van der Waals surface area contributed by atoms with Gasteiger partial charge in [0.05, 0.1) is 6.54 Å². The van der Waals surface area contributed by atoms with Crippen LogP contribution in [0.25, 0.3) is 0 Å². The zero-order chi connectivity index (χ0) is 14.2. The molecule has 6 heteroatoms. The second kappa shape index (κ2) is 7.79. The molecule has 1 aliphatic heterocycles. The van der Waals surface area contributed by atoms with E-state index in [0.717, 1.165) is 10.9 Å². The van der Waals surface area contributed by atoms with Gasteiger partial charge in [-0.25, -0.2) is 4.79 Å². The molecule has 0 saturated heterocycles. The number of halogens is 1. The van der Waals surface area contributed by atoms with Gasteiger partial charge in [0.2, 0.25) is 0 Å². The zero-order valence-corrected chi connectivity index (χ0v) is 12.6. The summed E-state index contributed by atoms with van der Waals surface area (Å²) in [7, 11) is 0. The molecule has 1 aliphatic rings. The van der Waals surface area contributed by atoms with Gasteiger partial charge < -0.3 is 20.1 Å². The number of nitrogens with one attached hydrogen (secondary N) is 2. The van der Waals surface area contributed by atoms with Gasteiger partial charge in [-0.05, 0) is 18.1 Å². The van der Waals surface area contributed by atoms with E-state index < -0.39 is 0 Å². The van der Waals surface area contributed by atoms with Gasteiger partial charge in [0.15, 0.2) is 0 Å². The molecular formula is C14H17BrN2O3. The Kier molecular flexibility index (Phi) is 5.73. The lowest BCUT2D eigenvalue weighted by Crippen LogP contribution is -2.38. The van der Waals surface area contributed by atoms with Crippen LogP contribution in [0.1, 0.15) is 5.56 Å². The number of benzene rings is 1. The first-order chi connectivity index (χ1) is 9.75. The molecule has 2 rings (SSSR count). The van der Waals surface area contributed by atoms with Crippen molar-refractivity contribution in [1.29, 1.82) is 0 Å². The molecule has 0 saturated carbocycles. The molecule has 0 radical (unpaired) electrons. The number of rotatable bonds is 5. The quantitative estimate of drug-likeness (QED) is 0.863. The summed E-state index contributed by atoms with van der Waals surface area (Å²) in [6.07, 6.45) is 2.31. The summed E-state index contributed by atoms with van der Waals surface area (Å²) in [6, 6.07) is 7.75. The third-order valence-electron chi connectivity index (χ3n) is 2.76. The van der Waals surface area contributed by atoms with Crippen LogP contribution in [0.5, 0.6) is 0 Å². The Balaban J connectivity index is 1.65. The lowest BCUT2D eigenvalue weighted by Gasteiger charge is -2.16. The van der Waals surface area contributed by atoms with Gasteiger partial charge in [0.1, 0.15) is 25.2 Å². The van der Waals surface area contributed by atoms with Crippen LogP contribution in [0.3, 0.4) is 0 Å². The Hall–Kier alpha value is -1.69. The van der Waals surface area contributed by atoms with E-state index in [4.69, 9.17) is 9.47 Å². The van der Waals surface area contributed by atoms with Crippen LogP contribution < -0.4 is 10.6 Å². The largest absolute Gasteiger partial charge is 0.494 e. The van der Waals surface area contributed by atoms with Gasteiger partial charge in [0.25, 0.3) is 0 Å². The Bertz CT molecular complexity index is 491. The van der Waals surface area contributed by atoms with Crippen molar-refractivity contribution in [2.45, 2.75) is 6.42 Å².